The number of aromatic carboxylic acids is 1. The molecule has 3 rings (SSSR count). The maximum Gasteiger partial charge on any atom is 0.337 e. The molecule has 8 heteroatoms. The van der Waals surface area contributed by atoms with Crippen LogP contribution in [0.3, 0.4) is 0 Å². The quantitative estimate of drug-likeness (QED) is 0.437. The van der Waals surface area contributed by atoms with E-state index in [4.69, 9.17) is 5.11 Å². The summed E-state index contributed by atoms with van der Waals surface area (Å²) in [4.78, 5) is 35.6. The molecule has 2 heterocycles. The number of nitrogens with one attached hydrogen (secondary N) is 1. The molecule has 1 aliphatic rings. The molecule has 1 aromatic heterocycles. The van der Waals surface area contributed by atoms with E-state index >= 15 is 0 Å². The number of carbonyl (C=O) groups excluding carboxylic acids is 2. The van der Waals surface area contributed by atoms with Crippen LogP contribution in [0.25, 0.3) is 6.08 Å². The van der Waals surface area contributed by atoms with Crippen LogP contribution in [-0.2, 0) is 9.59 Å². The van der Waals surface area contributed by atoms with E-state index in [0.29, 0.717) is 11.3 Å². The smallest absolute Gasteiger partial charge is 0.337 e. The zero-order valence-electron chi connectivity index (χ0n) is 11.4. The number of hydrogen-bond acceptors (Lipinski definition) is 4. The lowest BCUT2D eigenvalue weighted by molar-refractivity contribution is -0.117. The summed E-state index contributed by atoms with van der Waals surface area (Å²) in [5, 5.41) is 13.3. The summed E-state index contributed by atoms with van der Waals surface area (Å²) in [6.07, 6.45) is 1.31. The molecule has 1 aromatic carbocycles. The Labute approximate surface area is 148 Å². The first-order chi connectivity index (χ1) is 11.0. The lowest BCUT2D eigenvalue weighted by atomic mass is 10.1. The summed E-state index contributed by atoms with van der Waals surface area (Å²) in [7, 11) is 0. The van der Waals surface area contributed by atoms with Crippen molar-refractivity contribution >= 4 is 63.5 Å². The second-order valence-corrected chi connectivity index (χ2v) is 6.65. The molecule has 1 fully saturated rings. The number of hydrazine groups is 1. The van der Waals surface area contributed by atoms with Crippen LogP contribution >= 0.6 is 33.9 Å². The summed E-state index contributed by atoms with van der Waals surface area (Å²) >= 11 is 3.34. The maximum atomic E-state index is 12.4. The third kappa shape index (κ3) is 2.99. The van der Waals surface area contributed by atoms with Gasteiger partial charge in [-0.15, -0.1) is 0 Å². The van der Waals surface area contributed by atoms with Crippen molar-refractivity contribution in [1.29, 1.82) is 0 Å². The third-order valence-corrected chi connectivity index (χ3v) is 4.68. The lowest BCUT2D eigenvalue weighted by Gasteiger charge is -2.14. The molecule has 0 radical (unpaired) electrons. The highest BCUT2D eigenvalue weighted by Crippen LogP contribution is 2.24. The molecule has 1 aliphatic heterocycles. The van der Waals surface area contributed by atoms with Crippen molar-refractivity contribution in [3.63, 3.8) is 0 Å². The van der Waals surface area contributed by atoms with Gasteiger partial charge in [-0.3, -0.25) is 15.0 Å². The Morgan fingerprint density at radius 3 is 2.57 bits per heavy atom. The normalized spacial score (nSPS) is 16.0. The largest absolute Gasteiger partial charge is 0.478 e. The summed E-state index contributed by atoms with van der Waals surface area (Å²) < 4.78 is 1.00. The van der Waals surface area contributed by atoms with Crippen LogP contribution < -0.4 is 10.4 Å². The van der Waals surface area contributed by atoms with Gasteiger partial charge in [0.15, 0.2) is 0 Å². The summed E-state index contributed by atoms with van der Waals surface area (Å²) in [5.41, 5.74) is 3.33. The van der Waals surface area contributed by atoms with Gasteiger partial charge in [-0.25, -0.2) is 9.80 Å². The average Bonchev–Trinajstić information content (AvgIpc) is 3.08. The zero-order valence-corrected chi connectivity index (χ0v) is 14.4. The molecule has 0 atom stereocenters. The fourth-order valence-electron chi connectivity index (χ4n) is 2.08. The van der Waals surface area contributed by atoms with Gasteiger partial charge in [0.05, 0.1) is 11.3 Å². The molecule has 0 unspecified atom stereocenters. The molecule has 0 spiro atoms. The molecule has 1 saturated heterocycles. The van der Waals surface area contributed by atoms with E-state index in [-0.39, 0.29) is 11.1 Å². The molecular formula is C15H9IN2O4S. The molecule has 0 saturated carbocycles. The van der Waals surface area contributed by atoms with Gasteiger partial charge < -0.3 is 5.11 Å². The molecule has 2 aromatic rings. The highest BCUT2D eigenvalue weighted by molar-refractivity contribution is 14.1. The predicted octanol–water partition coefficient (Wildman–Crippen LogP) is 2.51. The van der Waals surface area contributed by atoms with Crippen molar-refractivity contribution in [2.75, 3.05) is 5.01 Å². The standard InChI is InChI=1S/C15H9IN2O4S/c16-9-1-3-10(4-2-9)18-14(20)11(13(19)17-18)5-8-6-23-7-12(8)15(21)22/h1-7H,(H,17,19)(H,21,22). The van der Waals surface area contributed by atoms with Crippen LogP contribution in [0.4, 0.5) is 5.69 Å². The number of carbonyl (C=O) groups is 3. The molecule has 6 nitrogen and oxygen atoms in total. The minimum Gasteiger partial charge on any atom is -0.478 e. The van der Waals surface area contributed by atoms with Gasteiger partial charge in [0.25, 0.3) is 11.8 Å². The van der Waals surface area contributed by atoms with Crippen molar-refractivity contribution in [2.45, 2.75) is 0 Å². The van der Waals surface area contributed by atoms with Crippen molar-refractivity contribution in [3.8, 4) is 0 Å². The molecule has 2 N–H and O–H groups in total. The Bertz CT molecular complexity index is 841. The van der Waals surface area contributed by atoms with E-state index in [1.54, 1.807) is 17.5 Å². The van der Waals surface area contributed by atoms with Crippen LogP contribution in [0, 0.1) is 3.57 Å². The Kier molecular flexibility index (Phi) is 4.18. The van der Waals surface area contributed by atoms with E-state index < -0.39 is 17.8 Å². The van der Waals surface area contributed by atoms with E-state index in [1.807, 2.05) is 12.1 Å². The molecule has 116 valence electrons. The summed E-state index contributed by atoms with van der Waals surface area (Å²) in [6, 6.07) is 7.07. The number of halogens is 1. The number of carboxylic acid groups (broad SMARTS) is 1. The monoisotopic (exact) mass is 440 g/mol. The average molecular weight is 440 g/mol. The Morgan fingerprint density at radius 1 is 1.22 bits per heavy atom. The molecule has 23 heavy (non-hydrogen) atoms. The van der Waals surface area contributed by atoms with Gasteiger partial charge in [-0.05, 0) is 58.3 Å². The minimum absolute atomic E-state index is 0.0656. The predicted molar refractivity (Wildman–Crippen MR) is 94.0 cm³/mol. The first-order valence-corrected chi connectivity index (χ1v) is 8.41. The number of amides is 2. The Morgan fingerprint density at radius 2 is 1.91 bits per heavy atom. The fraction of sp³-hybridized carbons (Fsp3) is 0. The Hall–Kier alpha value is -2.20. The summed E-state index contributed by atoms with van der Waals surface area (Å²) in [5.74, 6) is -2.17. The SMILES string of the molecule is O=C1NN(c2ccc(I)cc2)C(=O)C1=Cc1cscc1C(=O)O. The topological polar surface area (TPSA) is 86.7 Å². The van der Waals surface area contributed by atoms with Crippen LogP contribution in [0.15, 0.2) is 40.6 Å². The first kappa shape index (κ1) is 15.7. The highest BCUT2D eigenvalue weighted by atomic mass is 127. The molecular weight excluding hydrogens is 431 g/mol. The highest BCUT2D eigenvalue weighted by Gasteiger charge is 2.34. The Balaban J connectivity index is 1.95. The van der Waals surface area contributed by atoms with Gasteiger partial charge in [-0.1, -0.05) is 0 Å². The van der Waals surface area contributed by atoms with Gasteiger partial charge in [0.1, 0.15) is 5.57 Å². The number of nitrogens with zero attached hydrogens (tertiary/aromatic N) is 1. The van der Waals surface area contributed by atoms with Gasteiger partial charge >= 0.3 is 5.97 Å². The second-order valence-electron chi connectivity index (χ2n) is 4.66. The van der Waals surface area contributed by atoms with E-state index in [1.165, 1.54) is 22.8 Å². The number of thiophene rings is 1. The van der Waals surface area contributed by atoms with Crippen LogP contribution in [0.2, 0.25) is 0 Å². The van der Waals surface area contributed by atoms with E-state index in [0.717, 1.165) is 8.58 Å². The van der Waals surface area contributed by atoms with Crippen molar-refractivity contribution in [3.05, 3.63) is 55.3 Å². The second kappa shape index (κ2) is 6.13. The van der Waals surface area contributed by atoms with Gasteiger partial charge in [-0.2, -0.15) is 11.3 Å². The van der Waals surface area contributed by atoms with E-state index in [9.17, 15) is 14.4 Å². The lowest BCUT2D eigenvalue weighted by Crippen LogP contribution is -2.35. The van der Waals surface area contributed by atoms with Crippen molar-refractivity contribution < 1.29 is 19.5 Å². The molecule has 2 amide bonds. The zero-order chi connectivity index (χ0) is 16.6. The number of hydrogen-bond donors (Lipinski definition) is 2. The number of anilines is 1. The maximum absolute atomic E-state index is 12.4. The van der Waals surface area contributed by atoms with Crippen molar-refractivity contribution in [2.24, 2.45) is 0 Å². The third-order valence-electron chi connectivity index (χ3n) is 3.20. The van der Waals surface area contributed by atoms with Crippen LogP contribution in [0.5, 0.6) is 0 Å². The van der Waals surface area contributed by atoms with E-state index in [2.05, 4.69) is 28.0 Å². The number of rotatable bonds is 3. The van der Waals surface area contributed by atoms with Gasteiger partial charge in [0.2, 0.25) is 0 Å². The number of benzene rings is 1. The van der Waals surface area contributed by atoms with Crippen molar-refractivity contribution in [1.82, 2.24) is 5.43 Å². The molecule has 0 bridgehead atoms. The van der Waals surface area contributed by atoms with Crippen LogP contribution in [0.1, 0.15) is 15.9 Å². The van der Waals surface area contributed by atoms with Gasteiger partial charge in [0, 0.05) is 14.5 Å². The number of carboxylic acids is 1. The molecule has 0 aliphatic carbocycles. The van der Waals surface area contributed by atoms with Crippen LogP contribution in [-0.4, -0.2) is 22.9 Å². The summed E-state index contributed by atoms with van der Waals surface area (Å²) in [6.45, 7) is 0. The minimum atomic E-state index is -1.10. The first-order valence-electron chi connectivity index (χ1n) is 6.39. The fourth-order valence-corrected chi connectivity index (χ4v) is 3.22.